The number of halogens is 1. The Morgan fingerprint density at radius 1 is 1.10 bits per heavy atom. The van der Waals surface area contributed by atoms with Gasteiger partial charge in [0, 0.05) is 17.7 Å². The number of Topliss-reactive ketones (excluding diaryl/α,β-unsaturated/α-hetero) is 1. The Morgan fingerprint density at radius 3 is 2.52 bits per heavy atom. The SMILES string of the molecule is Cc1ccccc1CSCCCC(=O)c1ccc(F)cc1. The first-order chi connectivity index (χ1) is 10.2. The summed E-state index contributed by atoms with van der Waals surface area (Å²) in [6, 6.07) is 14.1. The van der Waals surface area contributed by atoms with E-state index in [9.17, 15) is 9.18 Å². The van der Waals surface area contributed by atoms with Gasteiger partial charge in [-0.2, -0.15) is 11.8 Å². The molecule has 0 radical (unpaired) electrons. The van der Waals surface area contributed by atoms with Crippen LogP contribution in [0.25, 0.3) is 0 Å². The van der Waals surface area contributed by atoms with Gasteiger partial charge in [0.25, 0.3) is 0 Å². The van der Waals surface area contributed by atoms with Gasteiger partial charge in [-0.25, -0.2) is 4.39 Å². The number of carbonyl (C=O) groups is 1. The molecule has 2 rings (SSSR count). The van der Waals surface area contributed by atoms with Crippen molar-refractivity contribution in [2.75, 3.05) is 5.75 Å². The zero-order valence-corrected chi connectivity index (χ0v) is 13.0. The molecule has 0 aliphatic rings. The zero-order valence-electron chi connectivity index (χ0n) is 12.1. The lowest BCUT2D eigenvalue weighted by atomic mass is 10.1. The third-order valence-corrected chi connectivity index (χ3v) is 4.47. The van der Waals surface area contributed by atoms with Crippen LogP contribution in [-0.4, -0.2) is 11.5 Å². The summed E-state index contributed by atoms with van der Waals surface area (Å²) in [5.74, 6) is 1.73. The molecule has 0 aromatic heterocycles. The predicted molar refractivity (Wildman–Crippen MR) is 87.3 cm³/mol. The van der Waals surface area contributed by atoms with Gasteiger partial charge in [0.15, 0.2) is 5.78 Å². The molecule has 0 unspecified atom stereocenters. The van der Waals surface area contributed by atoms with Gasteiger partial charge in [-0.3, -0.25) is 4.79 Å². The fourth-order valence-electron chi connectivity index (χ4n) is 2.07. The molecule has 0 atom stereocenters. The molecular formula is C18H19FOS. The Morgan fingerprint density at radius 2 is 1.81 bits per heavy atom. The number of carbonyl (C=O) groups excluding carboxylic acids is 1. The summed E-state index contributed by atoms with van der Waals surface area (Å²) in [5, 5.41) is 0. The first kappa shape index (κ1) is 15.8. The van der Waals surface area contributed by atoms with Gasteiger partial charge >= 0.3 is 0 Å². The van der Waals surface area contributed by atoms with Crippen molar-refractivity contribution in [1.82, 2.24) is 0 Å². The third kappa shape index (κ3) is 5.01. The Hall–Kier alpha value is -1.61. The van der Waals surface area contributed by atoms with Gasteiger partial charge in [-0.1, -0.05) is 24.3 Å². The van der Waals surface area contributed by atoms with Crippen LogP contribution in [0.2, 0.25) is 0 Å². The smallest absolute Gasteiger partial charge is 0.162 e. The lowest BCUT2D eigenvalue weighted by molar-refractivity contribution is 0.0982. The van der Waals surface area contributed by atoms with Gasteiger partial charge in [0.1, 0.15) is 5.82 Å². The summed E-state index contributed by atoms with van der Waals surface area (Å²) >= 11 is 1.85. The lowest BCUT2D eigenvalue weighted by Crippen LogP contribution is -1.99. The fourth-order valence-corrected chi connectivity index (χ4v) is 3.11. The quantitative estimate of drug-likeness (QED) is 0.527. The van der Waals surface area contributed by atoms with Crippen molar-refractivity contribution < 1.29 is 9.18 Å². The van der Waals surface area contributed by atoms with Crippen LogP contribution in [0.4, 0.5) is 4.39 Å². The summed E-state index contributed by atoms with van der Waals surface area (Å²) < 4.78 is 12.8. The van der Waals surface area contributed by atoms with Crippen LogP contribution in [0, 0.1) is 12.7 Å². The normalized spacial score (nSPS) is 10.6. The highest BCUT2D eigenvalue weighted by Gasteiger charge is 2.05. The molecule has 0 fully saturated rings. The van der Waals surface area contributed by atoms with E-state index in [1.54, 1.807) is 12.1 Å². The van der Waals surface area contributed by atoms with Crippen LogP contribution >= 0.6 is 11.8 Å². The minimum absolute atomic E-state index is 0.0893. The summed E-state index contributed by atoms with van der Waals surface area (Å²) in [6.45, 7) is 2.12. The summed E-state index contributed by atoms with van der Waals surface area (Å²) in [7, 11) is 0. The fraction of sp³-hybridized carbons (Fsp3) is 0.278. The van der Waals surface area contributed by atoms with Crippen LogP contribution in [-0.2, 0) is 5.75 Å². The Bertz CT molecular complexity index is 592. The van der Waals surface area contributed by atoms with Crippen molar-refractivity contribution in [1.29, 1.82) is 0 Å². The van der Waals surface area contributed by atoms with Crippen LogP contribution in [0.1, 0.15) is 34.3 Å². The van der Waals surface area contributed by atoms with E-state index in [1.807, 2.05) is 17.8 Å². The molecule has 0 aliphatic heterocycles. The maximum atomic E-state index is 12.8. The maximum Gasteiger partial charge on any atom is 0.162 e. The summed E-state index contributed by atoms with van der Waals surface area (Å²) in [4.78, 5) is 11.9. The van der Waals surface area contributed by atoms with E-state index in [1.165, 1.54) is 23.3 Å². The number of thioether (sulfide) groups is 1. The first-order valence-corrected chi connectivity index (χ1v) is 8.23. The Kier molecular flexibility index (Phi) is 6.00. The molecule has 0 N–H and O–H groups in total. The van der Waals surface area contributed by atoms with Crippen LogP contribution in [0.3, 0.4) is 0 Å². The lowest BCUT2D eigenvalue weighted by Gasteiger charge is -2.05. The molecule has 0 bridgehead atoms. The number of hydrogen-bond acceptors (Lipinski definition) is 2. The summed E-state index contributed by atoms with van der Waals surface area (Å²) in [6.07, 6.45) is 1.37. The van der Waals surface area contributed by atoms with Gasteiger partial charge in [0.2, 0.25) is 0 Å². The van der Waals surface area contributed by atoms with Crippen molar-refractivity contribution in [3.05, 3.63) is 71.0 Å². The standard InChI is InChI=1S/C18H19FOS/c1-14-5-2-3-6-16(14)13-21-12-4-7-18(20)15-8-10-17(19)11-9-15/h2-3,5-6,8-11H,4,7,12-13H2,1H3. The molecular weight excluding hydrogens is 283 g/mol. The van der Waals surface area contributed by atoms with Gasteiger partial charge < -0.3 is 0 Å². The average molecular weight is 302 g/mol. The molecule has 0 aliphatic carbocycles. The van der Waals surface area contributed by atoms with Gasteiger partial charge in [0.05, 0.1) is 0 Å². The van der Waals surface area contributed by atoms with Crippen molar-refractivity contribution in [2.24, 2.45) is 0 Å². The van der Waals surface area contributed by atoms with Crippen molar-refractivity contribution in [2.45, 2.75) is 25.5 Å². The molecule has 3 heteroatoms. The Balaban J connectivity index is 1.69. The van der Waals surface area contributed by atoms with Crippen molar-refractivity contribution in [3.8, 4) is 0 Å². The van der Waals surface area contributed by atoms with E-state index in [4.69, 9.17) is 0 Å². The molecule has 1 nitrogen and oxygen atoms in total. The Labute approximate surface area is 129 Å². The van der Waals surface area contributed by atoms with E-state index in [0.717, 1.165) is 17.9 Å². The summed E-state index contributed by atoms with van der Waals surface area (Å²) in [5.41, 5.74) is 3.26. The number of ketones is 1. The molecule has 110 valence electrons. The molecule has 0 saturated heterocycles. The van der Waals surface area contributed by atoms with E-state index in [2.05, 4.69) is 25.1 Å². The second-order valence-corrected chi connectivity index (χ2v) is 6.12. The highest BCUT2D eigenvalue weighted by Crippen LogP contribution is 2.17. The maximum absolute atomic E-state index is 12.8. The minimum Gasteiger partial charge on any atom is -0.294 e. The highest BCUT2D eigenvalue weighted by atomic mass is 32.2. The second kappa shape index (κ2) is 7.99. The molecule has 0 spiro atoms. The topological polar surface area (TPSA) is 17.1 Å². The van der Waals surface area contributed by atoms with Crippen molar-refractivity contribution >= 4 is 17.5 Å². The van der Waals surface area contributed by atoms with Crippen LogP contribution < -0.4 is 0 Å². The van der Waals surface area contributed by atoms with Crippen LogP contribution in [0.15, 0.2) is 48.5 Å². The third-order valence-electron chi connectivity index (χ3n) is 3.38. The first-order valence-electron chi connectivity index (χ1n) is 7.08. The molecule has 0 saturated carbocycles. The van der Waals surface area contributed by atoms with Crippen molar-refractivity contribution in [3.63, 3.8) is 0 Å². The largest absolute Gasteiger partial charge is 0.294 e. The monoisotopic (exact) mass is 302 g/mol. The minimum atomic E-state index is -0.305. The van der Waals surface area contributed by atoms with E-state index in [0.29, 0.717) is 12.0 Å². The molecule has 0 amide bonds. The molecule has 0 heterocycles. The van der Waals surface area contributed by atoms with E-state index < -0.39 is 0 Å². The highest BCUT2D eigenvalue weighted by molar-refractivity contribution is 7.98. The number of benzene rings is 2. The predicted octanol–water partition coefficient (Wildman–Crippen LogP) is 5.03. The van der Waals surface area contributed by atoms with E-state index in [-0.39, 0.29) is 11.6 Å². The number of rotatable bonds is 7. The van der Waals surface area contributed by atoms with Gasteiger partial charge in [-0.05, 0) is 54.5 Å². The van der Waals surface area contributed by atoms with Gasteiger partial charge in [-0.15, -0.1) is 0 Å². The zero-order chi connectivity index (χ0) is 15.1. The molecule has 21 heavy (non-hydrogen) atoms. The number of hydrogen-bond donors (Lipinski definition) is 0. The average Bonchev–Trinajstić information content (AvgIpc) is 2.49. The second-order valence-electron chi connectivity index (χ2n) is 5.01. The van der Waals surface area contributed by atoms with Crippen LogP contribution in [0.5, 0.6) is 0 Å². The molecule has 2 aromatic rings. The molecule has 2 aromatic carbocycles. The number of aryl methyl sites for hydroxylation is 1. The van der Waals surface area contributed by atoms with E-state index >= 15 is 0 Å².